The fourth-order valence-corrected chi connectivity index (χ4v) is 5.24. The first-order valence-electron chi connectivity index (χ1n) is 12.7. The Hall–Kier alpha value is -2.34. The highest BCUT2D eigenvalue weighted by molar-refractivity contribution is 6.00. The van der Waals surface area contributed by atoms with Gasteiger partial charge in [-0.15, -0.1) is 0 Å². The van der Waals surface area contributed by atoms with Gasteiger partial charge in [-0.25, -0.2) is 0 Å². The zero-order chi connectivity index (χ0) is 23.8. The topological polar surface area (TPSA) is 70.7 Å². The lowest BCUT2D eigenvalue weighted by Crippen LogP contribution is -2.22. The number of carbonyl (C=O) groups is 2. The number of fused-ring (bicyclic) bond motifs is 1. The summed E-state index contributed by atoms with van der Waals surface area (Å²) in [5, 5.41) is 6.52. The second-order valence-electron chi connectivity index (χ2n) is 9.38. The van der Waals surface area contributed by atoms with Gasteiger partial charge in [-0.05, 0) is 82.5 Å². The molecule has 2 saturated heterocycles. The van der Waals surface area contributed by atoms with Crippen molar-refractivity contribution in [1.82, 2.24) is 15.5 Å². The van der Waals surface area contributed by atoms with Crippen LogP contribution in [0.2, 0.25) is 0 Å². The third-order valence-corrected chi connectivity index (χ3v) is 6.94. The van der Waals surface area contributed by atoms with Crippen molar-refractivity contribution in [2.75, 3.05) is 33.3 Å². The number of hydrogen-bond acceptors (Lipinski definition) is 5. The molecule has 0 aromatic carbocycles. The minimum Gasteiger partial charge on any atom is -0.501 e. The van der Waals surface area contributed by atoms with Crippen LogP contribution in [0.3, 0.4) is 0 Å². The molecule has 2 heterocycles. The van der Waals surface area contributed by atoms with Gasteiger partial charge in [0.2, 0.25) is 0 Å². The summed E-state index contributed by atoms with van der Waals surface area (Å²) in [5.41, 5.74) is 3.73. The van der Waals surface area contributed by atoms with Gasteiger partial charge < -0.3 is 20.3 Å². The van der Waals surface area contributed by atoms with E-state index in [1.807, 2.05) is 25.2 Å². The third-order valence-electron chi connectivity index (χ3n) is 6.94. The second-order valence-corrected chi connectivity index (χ2v) is 9.38. The number of likely N-dealkylation sites (N-methyl/N-ethyl adjacent to an activating group) is 1. The van der Waals surface area contributed by atoms with E-state index in [1.54, 1.807) is 7.11 Å². The van der Waals surface area contributed by atoms with E-state index in [1.165, 1.54) is 25.9 Å². The third kappa shape index (κ3) is 6.38. The number of carbonyl (C=O) groups excluding carboxylic acids is 2. The highest BCUT2D eigenvalue weighted by atomic mass is 16.5. The first-order chi connectivity index (χ1) is 16.0. The zero-order valence-corrected chi connectivity index (χ0v) is 20.8. The highest BCUT2D eigenvalue weighted by Gasteiger charge is 2.40. The molecule has 2 N–H and O–H groups in total. The van der Waals surface area contributed by atoms with Crippen molar-refractivity contribution in [2.24, 2.45) is 11.8 Å². The summed E-state index contributed by atoms with van der Waals surface area (Å²) in [6.45, 7) is 10.4. The lowest BCUT2D eigenvalue weighted by Gasteiger charge is -2.26. The molecule has 0 saturated carbocycles. The van der Waals surface area contributed by atoms with Crippen LogP contribution in [0, 0.1) is 11.8 Å². The first-order valence-corrected chi connectivity index (χ1v) is 12.7. The van der Waals surface area contributed by atoms with E-state index in [0.717, 1.165) is 60.7 Å². The second kappa shape index (κ2) is 12.2. The van der Waals surface area contributed by atoms with Crippen molar-refractivity contribution in [2.45, 2.75) is 65.7 Å². The summed E-state index contributed by atoms with van der Waals surface area (Å²) in [5.74, 6) is 1.11. The average molecular weight is 456 g/mol. The van der Waals surface area contributed by atoms with Gasteiger partial charge in [0.1, 0.15) is 5.78 Å². The number of likely N-dealkylation sites (tertiary alicyclic amines) is 1. The van der Waals surface area contributed by atoms with Gasteiger partial charge >= 0.3 is 0 Å². The van der Waals surface area contributed by atoms with Gasteiger partial charge in [0.15, 0.2) is 0 Å². The molecule has 6 heteroatoms. The number of ketones is 1. The highest BCUT2D eigenvalue weighted by Crippen LogP contribution is 2.40. The molecule has 2 aliphatic heterocycles. The van der Waals surface area contributed by atoms with Crippen molar-refractivity contribution in [3.8, 4) is 0 Å². The maximum absolute atomic E-state index is 12.9. The molecule has 2 unspecified atom stereocenters. The quantitative estimate of drug-likeness (QED) is 0.431. The smallest absolute Gasteiger partial charge is 0.252 e. The standard InChI is InChI=1S/C27H41N3O3/c1-5-10-21(31)17-20(11-9-16-30-14-7-8-15-30)24(28-6-2)18-22-26-19(3)25(33-4)13-12-23(26)29-27(22)32/h12-13,18-19,26,28H,5-11,14-17H2,1-4H3,(H,29,32)/b22-18-,24-20-. The van der Waals surface area contributed by atoms with Gasteiger partial charge in [-0.1, -0.05) is 13.8 Å². The molecule has 1 amide bonds. The molecule has 2 atom stereocenters. The normalized spacial score (nSPS) is 24.7. The number of nitrogens with zero attached hydrogens (tertiary/aromatic N) is 1. The molecule has 33 heavy (non-hydrogen) atoms. The molecule has 3 rings (SSSR count). The Morgan fingerprint density at radius 1 is 1.24 bits per heavy atom. The SMILES string of the molecule is CCCC(=O)C/C(CCCN1CCCC1)=C(/C=C1\C(=O)NC2=CC=C(OC)C(C)C21)NCC. The van der Waals surface area contributed by atoms with Crippen LogP contribution >= 0.6 is 0 Å². The largest absolute Gasteiger partial charge is 0.501 e. The molecular weight excluding hydrogens is 414 g/mol. The molecule has 0 bridgehead atoms. The lowest BCUT2D eigenvalue weighted by atomic mass is 9.82. The van der Waals surface area contributed by atoms with E-state index in [4.69, 9.17) is 4.74 Å². The summed E-state index contributed by atoms with van der Waals surface area (Å²) in [6, 6.07) is 0. The van der Waals surface area contributed by atoms with Crippen molar-refractivity contribution < 1.29 is 14.3 Å². The van der Waals surface area contributed by atoms with Crippen LogP contribution in [-0.4, -0.2) is 49.9 Å². The number of allylic oxidation sites excluding steroid dienone is 6. The fourth-order valence-electron chi connectivity index (χ4n) is 5.24. The number of ether oxygens (including phenoxy) is 1. The maximum Gasteiger partial charge on any atom is 0.252 e. The maximum atomic E-state index is 12.9. The van der Waals surface area contributed by atoms with Crippen molar-refractivity contribution in [1.29, 1.82) is 0 Å². The fraction of sp³-hybridized carbons (Fsp3) is 0.630. The summed E-state index contributed by atoms with van der Waals surface area (Å²) in [4.78, 5) is 28.1. The Morgan fingerprint density at radius 3 is 2.67 bits per heavy atom. The summed E-state index contributed by atoms with van der Waals surface area (Å²) >= 11 is 0. The number of hydrogen-bond donors (Lipinski definition) is 2. The van der Waals surface area contributed by atoms with E-state index in [2.05, 4.69) is 29.4 Å². The number of methoxy groups -OCH3 is 1. The summed E-state index contributed by atoms with van der Waals surface area (Å²) in [7, 11) is 1.68. The van der Waals surface area contributed by atoms with E-state index in [0.29, 0.717) is 12.8 Å². The van der Waals surface area contributed by atoms with Gasteiger partial charge in [0.25, 0.3) is 5.91 Å². The average Bonchev–Trinajstić information content (AvgIpc) is 3.41. The van der Waals surface area contributed by atoms with E-state index >= 15 is 0 Å². The summed E-state index contributed by atoms with van der Waals surface area (Å²) in [6.07, 6.45) is 12.3. The van der Waals surface area contributed by atoms with Crippen molar-refractivity contribution in [3.05, 3.63) is 46.5 Å². The van der Waals surface area contributed by atoms with E-state index < -0.39 is 0 Å². The van der Waals surface area contributed by atoms with E-state index in [-0.39, 0.29) is 23.5 Å². The Bertz CT molecular complexity index is 847. The van der Waals surface area contributed by atoms with Crippen LogP contribution in [0.25, 0.3) is 0 Å². The van der Waals surface area contributed by atoms with Crippen LogP contribution in [0.5, 0.6) is 0 Å². The molecule has 3 aliphatic rings. The minimum atomic E-state index is -0.0597. The number of Topliss-reactive ketones (excluding diaryl/α,β-unsaturated/α-hetero) is 1. The number of amides is 1. The predicted octanol–water partition coefficient (Wildman–Crippen LogP) is 4.22. The minimum absolute atomic E-state index is 0.0525. The van der Waals surface area contributed by atoms with Gasteiger partial charge in [0, 0.05) is 48.2 Å². The molecule has 0 aromatic heterocycles. The predicted molar refractivity (Wildman–Crippen MR) is 132 cm³/mol. The number of nitrogens with one attached hydrogen (secondary N) is 2. The monoisotopic (exact) mass is 455 g/mol. The molecule has 0 aromatic rings. The Balaban J connectivity index is 1.90. The molecule has 0 spiro atoms. The van der Waals surface area contributed by atoms with Crippen molar-refractivity contribution in [3.63, 3.8) is 0 Å². The van der Waals surface area contributed by atoms with Crippen LogP contribution in [0.1, 0.15) is 65.7 Å². The molecule has 6 nitrogen and oxygen atoms in total. The van der Waals surface area contributed by atoms with Crippen LogP contribution in [0.4, 0.5) is 0 Å². The van der Waals surface area contributed by atoms with Crippen molar-refractivity contribution >= 4 is 11.7 Å². The molecule has 182 valence electrons. The molecular formula is C27H41N3O3. The van der Waals surface area contributed by atoms with Gasteiger partial charge in [-0.2, -0.15) is 0 Å². The number of rotatable bonds is 12. The first kappa shape index (κ1) is 25.3. The van der Waals surface area contributed by atoms with Gasteiger partial charge in [-0.3, -0.25) is 9.59 Å². The Labute approximate surface area is 199 Å². The van der Waals surface area contributed by atoms with Gasteiger partial charge in [0.05, 0.1) is 12.9 Å². The van der Waals surface area contributed by atoms with Crippen LogP contribution < -0.4 is 10.6 Å². The zero-order valence-electron chi connectivity index (χ0n) is 20.8. The Morgan fingerprint density at radius 2 is 2.00 bits per heavy atom. The van der Waals surface area contributed by atoms with E-state index in [9.17, 15) is 9.59 Å². The molecule has 2 fully saturated rings. The molecule has 1 aliphatic carbocycles. The Kier molecular flexibility index (Phi) is 9.36. The van der Waals surface area contributed by atoms with Crippen LogP contribution in [0.15, 0.2) is 46.5 Å². The lowest BCUT2D eigenvalue weighted by molar-refractivity contribution is -0.118. The molecule has 0 radical (unpaired) electrons. The van der Waals surface area contributed by atoms with Crippen LogP contribution in [-0.2, 0) is 14.3 Å². The summed E-state index contributed by atoms with van der Waals surface area (Å²) < 4.78 is 5.55.